The molecule has 2 atom stereocenters. The first-order valence-corrected chi connectivity index (χ1v) is 10.4. The number of nitrogens with zero attached hydrogens (tertiary/aromatic N) is 1. The van der Waals surface area contributed by atoms with Crippen molar-refractivity contribution in [2.75, 3.05) is 20.7 Å². The number of ether oxygens (including phenoxy) is 2. The number of amides is 2. The highest BCUT2D eigenvalue weighted by Crippen LogP contribution is 2.29. The number of hydrogen-bond donors (Lipinski definition) is 3. The summed E-state index contributed by atoms with van der Waals surface area (Å²) in [4.78, 5) is 34.1. The highest BCUT2D eigenvalue weighted by atomic mass is 16.5. The Hall–Kier alpha value is -2.81. The van der Waals surface area contributed by atoms with Gasteiger partial charge in [-0.3, -0.25) is 19.3 Å². The maximum Gasteiger partial charge on any atom is 0.290 e. The van der Waals surface area contributed by atoms with Crippen molar-refractivity contribution in [1.82, 2.24) is 15.5 Å². The van der Waals surface area contributed by atoms with E-state index in [2.05, 4.69) is 15.5 Å². The highest BCUT2D eigenvalue weighted by molar-refractivity contribution is 5.76. The van der Waals surface area contributed by atoms with E-state index in [1.807, 2.05) is 39.1 Å². The summed E-state index contributed by atoms with van der Waals surface area (Å²) in [6, 6.07) is 6.20. The summed E-state index contributed by atoms with van der Waals surface area (Å²) in [5.74, 6) is 1.37. The second-order valence-electron chi connectivity index (χ2n) is 7.73. The Morgan fingerprint density at radius 1 is 1.23 bits per heavy atom. The third-order valence-corrected chi connectivity index (χ3v) is 5.07. The molecule has 0 unspecified atom stereocenters. The highest BCUT2D eigenvalue weighted by Gasteiger charge is 2.31. The lowest BCUT2D eigenvalue weighted by atomic mass is 10.1. The Labute approximate surface area is 184 Å². The molecule has 0 aromatic heterocycles. The molecule has 1 saturated heterocycles. The zero-order chi connectivity index (χ0) is 23.4. The summed E-state index contributed by atoms with van der Waals surface area (Å²) in [5.41, 5.74) is 0.963. The molecule has 2 amide bonds. The van der Waals surface area contributed by atoms with Gasteiger partial charge in [-0.2, -0.15) is 0 Å². The van der Waals surface area contributed by atoms with Crippen molar-refractivity contribution in [2.24, 2.45) is 0 Å². The summed E-state index contributed by atoms with van der Waals surface area (Å²) in [7, 11) is 3.63. The molecule has 0 bridgehead atoms. The van der Waals surface area contributed by atoms with E-state index in [1.54, 1.807) is 7.11 Å². The molecule has 174 valence electrons. The zero-order valence-corrected chi connectivity index (χ0v) is 19.0. The van der Waals surface area contributed by atoms with Crippen LogP contribution in [0.1, 0.15) is 45.6 Å². The molecule has 1 aliphatic rings. The molecule has 3 N–H and O–H groups in total. The number of carbonyl (C=O) groups is 3. The van der Waals surface area contributed by atoms with Gasteiger partial charge < -0.3 is 25.2 Å². The molecule has 31 heavy (non-hydrogen) atoms. The monoisotopic (exact) mass is 437 g/mol. The Kier molecular flexibility index (Phi) is 11.4. The fourth-order valence-electron chi connectivity index (χ4n) is 3.50. The first-order valence-electron chi connectivity index (χ1n) is 10.4. The molecule has 2 rings (SSSR count). The minimum absolute atomic E-state index is 0.0187. The van der Waals surface area contributed by atoms with Crippen LogP contribution in [0.5, 0.6) is 11.5 Å². The fraction of sp³-hybridized carbons (Fsp3) is 0.591. The second-order valence-corrected chi connectivity index (χ2v) is 7.73. The van der Waals surface area contributed by atoms with Crippen LogP contribution in [0, 0.1) is 0 Å². The van der Waals surface area contributed by atoms with Gasteiger partial charge in [-0.25, -0.2) is 0 Å². The quantitative estimate of drug-likeness (QED) is 0.504. The molecule has 1 aliphatic heterocycles. The summed E-state index contributed by atoms with van der Waals surface area (Å²) < 4.78 is 11.1. The molecule has 1 fully saturated rings. The zero-order valence-electron chi connectivity index (χ0n) is 19.0. The Morgan fingerprint density at radius 3 is 2.45 bits per heavy atom. The SMILES string of the molecule is COc1cc(CNC(=O)C[C@@H]2CC[C@H](CNC(C)=O)N2C)ccc1OC(C)C.O=CO. The van der Waals surface area contributed by atoms with E-state index in [9.17, 15) is 9.59 Å². The van der Waals surface area contributed by atoms with Gasteiger partial charge in [-0.05, 0) is 51.4 Å². The van der Waals surface area contributed by atoms with Crippen LogP contribution in [0.15, 0.2) is 18.2 Å². The molecule has 9 nitrogen and oxygen atoms in total. The van der Waals surface area contributed by atoms with Gasteiger partial charge in [0.25, 0.3) is 6.47 Å². The van der Waals surface area contributed by atoms with Crippen molar-refractivity contribution in [1.29, 1.82) is 0 Å². The molecule has 9 heteroatoms. The van der Waals surface area contributed by atoms with Crippen LogP contribution in [-0.4, -0.2) is 67.2 Å². The minimum atomic E-state index is -0.250. The van der Waals surface area contributed by atoms with Gasteiger partial charge >= 0.3 is 0 Å². The Balaban J connectivity index is 0.00000151. The van der Waals surface area contributed by atoms with Crippen molar-refractivity contribution in [3.63, 3.8) is 0 Å². The van der Waals surface area contributed by atoms with Crippen LogP contribution in [0.3, 0.4) is 0 Å². The average molecular weight is 438 g/mol. The van der Waals surface area contributed by atoms with Gasteiger partial charge in [0, 0.05) is 38.5 Å². The number of nitrogens with one attached hydrogen (secondary N) is 2. The molecule has 1 aromatic rings. The molecular weight excluding hydrogens is 402 g/mol. The predicted octanol–water partition coefficient (Wildman–Crippen LogP) is 1.79. The topological polar surface area (TPSA) is 117 Å². The molecule has 0 radical (unpaired) electrons. The molecule has 1 heterocycles. The summed E-state index contributed by atoms with van der Waals surface area (Å²) in [6.07, 6.45) is 2.47. The van der Waals surface area contributed by atoms with Crippen molar-refractivity contribution in [2.45, 2.75) is 64.8 Å². The molecule has 0 spiro atoms. The maximum absolute atomic E-state index is 12.4. The fourth-order valence-corrected chi connectivity index (χ4v) is 3.50. The number of methoxy groups -OCH3 is 1. The predicted molar refractivity (Wildman–Crippen MR) is 117 cm³/mol. The van der Waals surface area contributed by atoms with Crippen LogP contribution in [0.25, 0.3) is 0 Å². The molecule has 0 aliphatic carbocycles. The van der Waals surface area contributed by atoms with E-state index in [-0.39, 0.29) is 30.4 Å². The smallest absolute Gasteiger partial charge is 0.290 e. The Bertz CT molecular complexity index is 725. The summed E-state index contributed by atoms with van der Waals surface area (Å²) >= 11 is 0. The first-order chi connectivity index (χ1) is 14.7. The average Bonchev–Trinajstić information content (AvgIpc) is 3.05. The van der Waals surface area contributed by atoms with E-state index in [1.165, 1.54) is 6.92 Å². The minimum Gasteiger partial charge on any atom is -0.493 e. The number of likely N-dealkylation sites (N-methyl/N-ethyl adjacent to an activating group) is 1. The standard InChI is InChI=1S/C21H33N3O4.CH2O2/c1-14(2)28-19-9-6-16(10-20(19)27-5)12-23-21(26)11-17-7-8-18(24(17)4)13-22-15(3)25;2-1-3/h6,9-10,14,17-18H,7-8,11-13H2,1-5H3,(H,22,25)(H,23,26);1H,(H,2,3)/t17-,18+;/m0./s1. The molecule has 0 saturated carbocycles. The van der Waals surface area contributed by atoms with E-state index in [4.69, 9.17) is 19.4 Å². The van der Waals surface area contributed by atoms with Crippen LogP contribution in [0.4, 0.5) is 0 Å². The van der Waals surface area contributed by atoms with Gasteiger partial charge in [-0.15, -0.1) is 0 Å². The maximum atomic E-state index is 12.4. The van der Waals surface area contributed by atoms with Crippen molar-refractivity contribution < 1.29 is 29.0 Å². The number of rotatable bonds is 9. The third-order valence-electron chi connectivity index (χ3n) is 5.07. The van der Waals surface area contributed by atoms with Gasteiger partial charge in [0.05, 0.1) is 13.2 Å². The lowest BCUT2D eigenvalue weighted by Gasteiger charge is -2.25. The van der Waals surface area contributed by atoms with Crippen LogP contribution in [0.2, 0.25) is 0 Å². The van der Waals surface area contributed by atoms with Crippen LogP contribution >= 0.6 is 0 Å². The number of hydrogen-bond acceptors (Lipinski definition) is 6. The van der Waals surface area contributed by atoms with Crippen LogP contribution < -0.4 is 20.1 Å². The van der Waals surface area contributed by atoms with E-state index in [0.717, 1.165) is 18.4 Å². The lowest BCUT2D eigenvalue weighted by Crippen LogP contribution is -2.41. The Morgan fingerprint density at radius 2 is 1.87 bits per heavy atom. The van der Waals surface area contributed by atoms with E-state index < -0.39 is 0 Å². The van der Waals surface area contributed by atoms with Gasteiger partial charge in [0.2, 0.25) is 11.8 Å². The van der Waals surface area contributed by atoms with E-state index >= 15 is 0 Å². The van der Waals surface area contributed by atoms with Gasteiger partial charge in [0.1, 0.15) is 0 Å². The van der Waals surface area contributed by atoms with E-state index in [0.29, 0.717) is 37.1 Å². The molecule has 1 aromatic carbocycles. The van der Waals surface area contributed by atoms with Crippen LogP contribution in [-0.2, 0) is 20.9 Å². The van der Waals surface area contributed by atoms with Crippen molar-refractivity contribution in [3.8, 4) is 11.5 Å². The lowest BCUT2D eigenvalue weighted by molar-refractivity contribution is -0.123. The number of carboxylic acid groups (broad SMARTS) is 1. The summed E-state index contributed by atoms with van der Waals surface area (Å²) in [6.45, 7) is 6.29. The van der Waals surface area contributed by atoms with Crippen molar-refractivity contribution in [3.05, 3.63) is 23.8 Å². The van der Waals surface area contributed by atoms with Gasteiger partial charge in [0.15, 0.2) is 11.5 Å². The number of benzene rings is 1. The summed E-state index contributed by atoms with van der Waals surface area (Å²) in [5, 5.41) is 12.7. The first kappa shape index (κ1) is 26.2. The normalized spacial score (nSPS) is 18.0. The second kappa shape index (κ2) is 13.5. The van der Waals surface area contributed by atoms with Gasteiger partial charge in [-0.1, -0.05) is 6.07 Å². The number of likely N-dealkylation sites (tertiary alicyclic amines) is 1. The molecular formula is C22H35N3O6. The third kappa shape index (κ3) is 9.25. The largest absolute Gasteiger partial charge is 0.493 e. The van der Waals surface area contributed by atoms with Crippen molar-refractivity contribution >= 4 is 18.3 Å². The number of carbonyl (C=O) groups excluding carboxylic acids is 2.